The molecule has 1 heterocycles. The fourth-order valence-corrected chi connectivity index (χ4v) is 2.79. The zero-order valence-electron chi connectivity index (χ0n) is 14.7. The largest absolute Gasteiger partial charge is 0.436 e. The Kier molecular flexibility index (Phi) is 5.84. The zero-order valence-corrected chi connectivity index (χ0v) is 16.3. The predicted octanol–water partition coefficient (Wildman–Crippen LogP) is 5.50. The van der Waals surface area contributed by atoms with E-state index in [0.717, 1.165) is 5.69 Å². The van der Waals surface area contributed by atoms with Gasteiger partial charge in [0.05, 0.1) is 21.9 Å². The van der Waals surface area contributed by atoms with Gasteiger partial charge in [0.25, 0.3) is 5.91 Å². The van der Waals surface area contributed by atoms with Crippen molar-refractivity contribution in [1.82, 2.24) is 4.98 Å². The highest BCUT2D eigenvalue weighted by molar-refractivity contribution is 6.37. The molecular formula is C20H17Cl2N3O2. The van der Waals surface area contributed by atoms with E-state index in [-0.39, 0.29) is 5.91 Å². The van der Waals surface area contributed by atoms with E-state index < -0.39 is 0 Å². The van der Waals surface area contributed by atoms with Gasteiger partial charge >= 0.3 is 0 Å². The molecule has 1 amide bonds. The van der Waals surface area contributed by atoms with Crippen molar-refractivity contribution in [2.75, 3.05) is 24.3 Å². The van der Waals surface area contributed by atoms with Crippen LogP contribution in [0.25, 0.3) is 0 Å². The smallest absolute Gasteiger partial charge is 0.255 e. The SMILES string of the molecule is CN(C)c1ccc(C(=O)Nc2ccc(Oc3c(Cl)cccc3Cl)nc2)cc1. The molecule has 0 radical (unpaired) electrons. The predicted molar refractivity (Wildman–Crippen MR) is 109 cm³/mol. The summed E-state index contributed by atoms with van der Waals surface area (Å²) in [5, 5.41) is 3.58. The normalized spacial score (nSPS) is 10.4. The Morgan fingerprint density at radius 1 is 1.00 bits per heavy atom. The lowest BCUT2D eigenvalue weighted by atomic mass is 10.2. The van der Waals surface area contributed by atoms with Crippen molar-refractivity contribution in [3.63, 3.8) is 0 Å². The van der Waals surface area contributed by atoms with E-state index >= 15 is 0 Å². The van der Waals surface area contributed by atoms with Crippen molar-refractivity contribution < 1.29 is 9.53 Å². The van der Waals surface area contributed by atoms with E-state index in [4.69, 9.17) is 27.9 Å². The topological polar surface area (TPSA) is 54.5 Å². The maximum Gasteiger partial charge on any atom is 0.255 e. The quantitative estimate of drug-likeness (QED) is 0.613. The molecule has 138 valence electrons. The van der Waals surface area contributed by atoms with Crippen LogP contribution in [0, 0.1) is 0 Å². The van der Waals surface area contributed by atoms with Crippen LogP contribution in [0.4, 0.5) is 11.4 Å². The third-order valence-electron chi connectivity index (χ3n) is 3.77. The molecule has 27 heavy (non-hydrogen) atoms. The third-order valence-corrected chi connectivity index (χ3v) is 4.36. The number of anilines is 2. The van der Waals surface area contributed by atoms with Gasteiger partial charge in [0, 0.05) is 31.4 Å². The maximum absolute atomic E-state index is 12.3. The number of nitrogens with zero attached hydrogens (tertiary/aromatic N) is 2. The Hall–Kier alpha value is -2.76. The van der Waals surface area contributed by atoms with Gasteiger partial charge in [-0.25, -0.2) is 4.98 Å². The van der Waals surface area contributed by atoms with Crippen LogP contribution in [0.5, 0.6) is 11.6 Å². The molecule has 0 saturated heterocycles. The molecular weight excluding hydrogens is 385 g/mol. The zero-order chi connectivity index (χ0) is 19.4. The number of hydrogen-bond acceptors (Lipinski definition) is 4. The highest BCUT2D eigenvalue weighted by atomic mass is 35.5. The van der Waals surface area contributed by atoms with Gasteiger partial charge in [-0.3, -0.25) is 4.79 Å². The standard InChI is InChI=1S/C20H17Cl2N3O2/c1-25(2)15-9-6-13(7-10-15)20(26)24-14-8-11-18(23-12-14)27-19-16(21)4-3-5-17(19)22/h3-12H,1-2H3,(H,24,26). The average Bonchev–Trinajstić information content (AvgIpc) is 2.66. The van der Waals surface area contributed by atoms with E-state index in [1.54, 1.807) is 42.5 Å². The Morgan fingerprint density at radius 2 is 1.67 bits per heavy atom. The van der Waals surface area contributed by atoms with E-state index in [0.29, 0.717) is 32.9 Å². The number of rotatable bonds is 5. The van der Waals surface area contributed by atoms with Crippen molar-refractivity contribution in [2.45, 2.75) is 0 Å². The van der Waals surface area contributed by atoms with Crippen LogP contribution in [0.2, 0.25) is 10.0 Å². The van der Waals surface area contributed by atoms with Crippen molar-refractivity contribution >= 4 is 40.5 Å². The number of nitrogens with one attached hydrogen (secondary N) is 1. The number of para-hydroxylation sites is 1. The number of hydrogen-bond donors (Lipinski definition) is 1. The fraction of sp³-hybridized carbons (Fsp3) is 0.100. The van der Waals surface area contributed by atoms with Crippen LogP contribution in [-0.4, -0.2) is 25.0 Å². The first-order valence-electron chi connectivity index (χ1n) is 8.10. The lowest BCUT2D eigenvalue weighted by Gasteiger charge is -2.12. The minimum Gasteiger partial charge on any atom is -0.436 e. The lowest BCUT2D eigenvalue weighted by molar-refractivity contribution is 0.102. The summed E-state index contributed by atoms with van der Waals surface area (Å²) in [6.07, 6.45) is 1.51. The van der Waals surface area contributed by atoms with E-state index in [2.05, 4.69) is 10.3 Å². The highest BCUT2D eigenvalue weighted by Crippen LogP contribution is 2.35. The molecule has 1 aromatic heterocycles. The Labute approximate surface area is 167 Å². The Morgan fingerprint density at radius 3 is 2.22 bits per heavy atom. The van der Waals surface area contributed by atoms with Crippen LogP contribution >= 0.6 is 23.2 Å². The van der Waals surface area contributed by atoms with Crippen molar-refractivity contribution in [1.29, 1.82) is 0 Å². The Balaban J connectivity index is 1.67. The minimum atomic E-state index is -0.218. The van der Waals surface area contributed by atoms with Crippen LogP contribution in [0.1, 0.15) is 10.4 Å². The number of ether oxygens (including phenoxy) is 1. The first-order valence-corrected chi connectivity index (χ1v) is 8.86. The number of pyridine rings is 1. The molecule has 5 nitrogen and oxygen atoms in total. The van der Waals surface area contributed by atoms with Crippen LogP contribution in [0.3, 0.4) is 0 Å². The second kappa shape index (κ2) is 8.29. The molecule has 0 aliphatic rings. The molecule has 0 bridgehead atoms. The van der Waals surface area contributed by atoms with Crippen LogP contribution in [0.15, 0.2) is 60.8 Å². The first-order chi connectivity index (χ1) is 12.9. The Bertz CT molecular complexity index is 922. The molecule has 0 atom stereocenters. The molecule has 0 aliphatic heterocycles. The number of carbonyl (C=O) groups is 1. The maximum atomic E-state index is 12.3. The summed E-state index contributed by atoms with van der Waals surface area (Å²) in [4.78, 5) is 18.5. The third kappa shape index (κ3) is 4.70. The summed E-state index contributed by atoms with van der Waals surface area (Å²) in [5.41, 5.74) is 2.13. The fourth-order valence-electron chi connectivity index (χ4n) is 2.31. The van der Waals surface area contributed by atoms with Gasteiger partial charge in [-0.2, -0.15) is 0 Å². The van der Waals surface area contributed by atoms with Crippen LogP contribution in [-0.2, 0) is 0 Å². The summed E-state index contributed by atoms with van der Waals surface area (Å²) in [6.45, 7) is 0. The molecule has 3 aromatic rings. The van der Waals surface area contributed by atoms with Crippen molar-refractivity contribution in [3.8, 4) is 11.6 Å². The van der Waals surface area contributed by atoms with Gasteiger partial charge in [0.1, 0.15) is 0 Å². The van der Waals surface area contributed by atoms with Crippen LogP contribution < -0.4 is 15.0 Å². The van der Waals surface area contributed by atoms with Gasteiger partial charge in [-0.15, -0.1) is 0 Å². The van der Waals surface area contributed by atoms with Gasteiger partial charge in [-0.1, -0.05) is 29.3 Å². The molecule has 1 N–H and O–H groups in total. The second-order valence-corrected chi connectivity index (χ2v) is 6.75. The molecule has 0 aliphatic carbocycles. The molecule has 0 unspecified atom stereocenters. The second-order valence-electron chi connectivity index (χ2n) is 5.93. The molecule has 0 saturated carbocycles. The molecule has 2 aromatic carbocycles. The molecule has 0 spiro atoms. The lowest BCUT2D eigenvalue weighted by Crippen LogP contribution is -2.13. The van der Waals surface area contributed by atoms with E-state index in [1.165, 1.54) is 6.20 Å². The summed E-state index contributed by atoms with van der Waals surface area (Å²) in [7, 11) is 3.89. The van der Waals surface area contributed by atoms with E-state index in [9.17, 15) is 4.79 Å². The number of amides is 1. The number of aromatic nitrogens is 1. The summed E-state index contributed by atoms with van der Waals surface area (Å²) in [6, 6.07) is 15.7. The van der Waals surface area contributed by atoms with Gasteiger partial charge < -0.3 is 15.0 Å². The monoisotopic (exact) mass is 401 g/mol. The summed E-state index contributed by atoms with van der Waals surface area (Å²) < 4.78 is 5.63. The summed E-state index contributed by atoms with van der Waals surface area (Å²) >= 11 is 12.2. The minimum absolute atomic E-state index is 0.218. The van der Waals surface area contributed by atoms with Crippen molar-refractivity contribution in [3.05, 3.63) is 76.4 Å². The first kappa shape index (κ1) is 19.0. The van der Waals surface area contributed by atoms with Gasteiger partial charge in [0.2, 0.25) is 5.88 Å². The number of carbonyl (C=O) groups excluding carboxylic acids is 1. The van der Waals surface area contributed by atoms with Gasteiger partial charge in [0.15, 0.2) is 5.75 Å². The van der Waals surface area contributed by atoms with E-state index in [1.807, 2.05) is 31.1 Å². The average molecular weight is 402 g/mol. The highest BCUT2D eigenvalue weighted by Gasteiger charge is 2.10. The molecule has 7 heteroatoms. The number of halogens is 2. The molecule has 0 fully saturated rings. The summed E-state index contributed by atoms with van der Waals surface area (Å²) in [5.74, 6) is 0.439. The molecule has 3 rings (SSSR count). The van der Waals surface area contributed by atoms with Crippen molar-refractivity contribution in [2.24, 2.45) is 0 Å². The number of benzene rings is 2. The van der Waals surface area contributed by atoms with Gasteiger partial charge in [-0.05, 0) is 42.5 Å².